The highest BCUT2D eigenvalue weighted by Crippen LogP contribution is 2.45. The van der Waals surface area contributed by atoms with Crippen LogP contribution in [-0.4, -0.2) is 29.4 Å². The van der Waals surface area contributed by atoms with Crippen LogP contribution in [0.15, 0.2) is 4.90 Å². The monoisotopic (exact) mass is 301 g/mol. The molecule has 20 heavy (non-hydrogen) atoms. The lowest BCUT2D eigenvalue weighted by molar-refractivity contribution is -0.0739. The summed E-state index contributed by atoms with van der Waals surface area (Å²) in [7, 11) is -3.76. The maximum Gasteiger partial charge on any atom is 0.241 e. The predicted octanol–water partition coefficient (Wildman–Crippen LogP) is 1.67. The van der Waals surface area contributed by atoms with E-state index in [1.54, 1.807) is 18.5 Å². The SMILES string of the molecule is Cc1nn(C2CC(C)(C)OC2(C)C)c(C)c1S(N)(=O)=O. The van der Waals surface area contributed by atoms with Crippen LogP contribution in [0.25, 0.3) is 0 Å². The molecule has 1 fully saturated rings. The van der Waals surface area contributed by atoms with Crippen LogP contribution in [0.4, 0.5) is 0 Å². The first-order valence-corrected chi connectivity index (χ1v) is 8.18. The number of hydrogen-bond acceptors (Lipinski definition) is 4. The molecule has 0 saturated carbocycles. The molecule has 1 saturated heterocycles. The Hall–Kier alpha value is -0.920. The van der Waals surface area contributed by atoms with Gasteiger partial charge in [-0.1, -0.05) is 0 Å². The van der Waals surface area contributed by atoms with E-state index in [0.717, 1.165) is 6.42 Å². The molecule has 0 aliphatic carbocycles. The second-order valence-electron chi connectivity index (χ2n) is 6.67. The quantitative estimate of drug-likeness (QED) is 0.900. The molecule has 2 heterocycles. The number of hydrogen-bond donors (Lipinski definition) is 1. The van der Waals surface area contributed by atoms with Crippen LogP contribution in [0.5, 0.6) is 0 Å². The molecule has 0 aromatic carbocycles. The highest BCUT2D eigenvalue weighted by atomic mass is 32.2. The standard InChI is InChI=1S/C13H23N3O3S/c1-8-11(20(14,17)18)9(2)16(15-8)10-7-12(3,4)19-13(10,5)6/h10H,7H2,1-6H3,(H2,14,17,18). The number of ether oxygens (including phenoxy) is 1. The Morgan fingerprint density at radius 3 is 2.20 bits per heavy atom. The molecule has 2 N–H and O–H groups in total. The molecule has 2 rings (SSSR count). The Labute approximate surface area is 120 Å². The van der Waals surface area contributed by atoms with Gasteiger partial charge in [0.2, 0.25) is 10.0 Å². The van der Waals surface area contributed by atoms with Gasteiger partial charge in [0.1, 0.15) is 4.90 Å². The van der Waals surface area contributed by atoms with Crippen molar-refractivity contribution in [3.63, 3.8) is 0 Å². The smallest absolute Gasteiger partial charge is 0.241 e. The zero-order valence-corrected chi connectivity index (χ0v) is 13.7. The molecule has 1 atom stereocenters. The number of nitrogens with zero attached hydrogens (tertiary/aromatic N) is 2. The van der Waals surface area contributed by atoms with Crippen molar-refractivity contribution in [3.05, 3.63) is 11.4 Å². The average molecular weight is 301 g/mol. The third-order valence-electron chi connectivity index (χ3n) is 3.87. The lowest BCUT2D eigenvalue weighted by atomic mass is 9.94. The Balaban J connectivity index is 2.56. The van der Waals surface area contributed by atoms with E-state index in [-0.39, 0.29) is 16.5 Å². The second kappa shape index (κ2) is 4.29. The van der Waals surface area contributed by atoms with E-state index >= 15 is 0 Å². The highest BCUT2D eigenvalue weighted by molar-refractivity contribution is 7.89. The molecule has 7 heteroatoms. The molecule has 0 bridgehead atoms. The summed E-state index contributed by atoms with van der Waals surface area (Å²) >= 11 is 0. The largest absolute Gasteiger partial charge is 0.367 e. The van der Waals surface area contributed by atoms with Crippen LogP contribution in [0.1, 0.15) is 51.5 Å². The molecule has 1 aliphatic rings. The summed E-state index contributed by atoms with van der Waals surface area (Å²) in [4.78, 5) is 0.123. The Morgan fingerprint density at radius 2 is 1.85 bits per heavy atom. The van der Waals surface area contributed by atoms with Gasteiger partial charge < -0.3 is 4.74 Å². The normalized spacial score (nSPS) is 25.1. The number of primary sulfonamides is 1. The predicted molar refractivity (Wildman–Crippen MR) is 76.0 cm³/mol. The van der Waals surface area contributed by atoms with E-state index in [1.165, 1.54) is 0 Å². The van der Waals surface area contributed by atoms with Gasteiger partial charge in [-0.3, -0.25) is 4.68 Å². The van der Waals surface area contributed by atoms with E-state index in [9.17, 15) is 8.42 Å². The van der Waals surface area contributed by atoms with Crippen molar-refractivity contribution in [1.82, 2.24) is 9.78 Å². The number of nitrogens with two attached hydrogens (primary N) is 1. The topological polar surface area (TPSA) is 87.2 Å². The van der Waals surface area contributed by atoms with Crippen LogP contribution >= 0.6 is 0 Å². The molecular weight excluding hydrogens is 278 g/mol. The third kappa shape index (κ3) is 2.49. The fourth-order valence-electron chi connectivity index (χ4n) is 3.28. The summed E-state index contributed by atoms with van der Waals surface area (Å²) < 4.78 is 31.2. The minimum atomic E-state index is -3.76. The fraction of sp³-hybridized carbons (Fsp3) is 0.769. The number of aryl methyl sites for hydroxylation is 1. The van der Waals surface area contributed by atoms with E-state index < -0.39 is 15.6 Å². The summed E-state index contributed by atoms with van der Waals surface area (Å²) in [5.74, 6) is 0. The molecular formula is C13H23N3O3S. The molecule has 1 aromatic heterocycles. The van der Waals surface area contributed by atoms with Gasteiger partial charge in [-0.15, -0.1) is 0 Å². The van der Waals surface area contributed by atoms with Gasteiger partial charge in [0.15, 0.2) is 0 Å². The Bertz CT molecular complexity index is 644. The molecule has 0 amide bonds. The number of sulfonamides is 1. The van der Waals surface area contributed by atoms with Gasteiger partial charge in [-0.05, 0) is 41.5 Å². The maximum atomic E-state index is 11.7. The number of rotatable bonds is 2. The first-order chi connectivity index (χ1) is 8.85. The minimum Gasteiger partial charge on any atom is -0.367 e. The van der Waals surface area contributed by atoms with Gasteiger partial charge in [-0.2, -0.15) is 5.10 Å². The maximum absolute atomic E-state index is 11.7. The van der Waals surface area contributed by atoms with E-state index in [4.69, 9.17) is 9.88 Å². The summed E-state index contributed by atoms with van der Waals surface area (Å²) in [5.41, 5.74) is 0.333. The van der Waals surface area contributed by atoms with E-state index in [2.05, 4.69) is 5.10 Å². The van der Waals surface area contributed by atoms with Crippen LogP contribution < -0.4 is 5.14 Å². The second-order valence-corrected chi connectivity index (χ2v) is 8.17. The van der Waals surface area contributed by atoms with Crippen molar-refractivity contribution in [1.29, 1.82) is 0 Å². The molecule has 0 spiro atoms. The van der Waals surface area contributed by atoms with Crippen LogP contribution in [0, 0.1) is 13.8 Å². The van der Waals surface area contributed by atoms with E-state index in [1.807, 2.05) is 27.7 Å². The molecule has 1 unspecified atom stereocenters. The summed E-state index contributed by atoms with van der Waals surface area (Å²) in [6, 6.07) is -0.0216. The summed E-state index contributed by atoms with van der Waals surface area (Å²) in [6.45, 7) is 11.5. The lowest BCUT2D eigenvalue weighted by Gasteiger charge is -2.28. The van der Waals surface area contributed by atoms with Crippen molar-refractivity contribution in [2.24, 2.45) is 5.14 Å². The van der Waals surface area contributed by atoms with Crippen molar-refractivity contribution in [3.8, 4) is 0 Å². The molecule has 1 aliphatic heterocycles. The van der Waals surface area contributed by atoms with Gasteiger partial charge in [0.25, 0.3) is 0 Å². The Morgan fingerprint density at radius 1 is 1.30 bits per heavy atom. The zero-order valence-electron chi connectivity index (χ0n) is 12.9. The van der Waals surface area contributed by atoms with Gasteiger partial charge in [0.05, 0.1) is 28.6 Å². The van der Waals surface area contributed by atoms with Gasteiger partial charge in [0, 0.05) is 6.42 Å². The molecule has 114 valence electrons. The minimum absolute atomic E-state index is 0.0216. The van der Waals surface area contributed by atoms with Crippen molar-refractivity contribution in [2.75, 3.05) is 0 Å². The van der Waals surface area contributed by atoms with Crippen LogP contribution in [0.3, 0.4) is 0 Å². The van der Waals surface area contributed by atoms with Gasteiger partial charge >= 0.3 is 0 Å². The van der Waals surface area contributed by atoms with Crippen molar-refractivity contribution < 1.29 is 13.2 Å². The van der Waals surface area contributed by atoms with Crippen LogP contribution in [0.2, 0.25) is 0 Å². The third-order valence-corrected chi connectivity index (χ3v) is 5.02. The van der Waals surface area contributed by atoms with Crippen molar-refractivity contribution >= 4 is 10.0 Å². The van der Waals surface area contributed by atoms with Crippen molar-refractivity contribution in [2.45, 2.75) is 70.1 Å². The zero-order chi connectivity index (χ0) is 15.5. The highest BCUT2D eigenvalue weighted by Gasteiger charge is 2.48. The first kappa shape index (κ1) is 15.5. The van der Waals surface area contributed by atoms with E-state index in [0.29, 0.717) is 11.4 Å². The first-order valence-electron chi connectivity index (χ1n) is 6.64. The molecule has 1 aromatic rings. The Kier molecular flexibility index (Phi) is 3.31. The average Bonchev–Trinajstić information content (AvgIpc) is 2.58. The van der Waals surface area contributed by atoms with Crippen LogP contribution in [-0.2, 0) is 14.8 Å². The summed E-state index contributed by atoms with van der Waals surface area (Å²) in [5, 5.41) is 9.68. The molecule has 0 radical (unpaired) electrons. The fourth-order valence-corrected chi connectivity index (χ4v) is 4.24. The lowest BCUT2D eigenvalue weighted by Crippen LogP contribution is -2.32. The summed E-state index contributed by atoms with van der Waals surface area (Å²) in [6.07, 6.45) is 0.770. The number of aromatic nitrogens is 2. The van der Waals surface area contributed by atoms with Gasteiger partial charge in [-0.25, -0.2) is 13.6 Å². The molecule has 6 nitrogen and oxygen atoms in total.